The van der Waals surface area contributed by atoms with Crippen LogP contribution in [0.3, 0.4) is 0 Å². The Morgan fingerprint density at radius 2 is 2.03 bits per heavy atom. The molecule has 160 valence electrons. The monoisotopic (exact) mass is 432 g/mol. The van der Waals surface area contributed by atoms with Crippen LogP contribution in [-0.2, 0) is 4.74 Å². The first-order valence-corrected chi connectivity index (χ1v) is 10.3. The first kappa shape index (κ1) is 22.1. The van der Waals surface area contributed by atoms with Gasteiger partial charge in [0.15, 0.2) is 0 Å². The van der Waals surface area contributed by atoms with Crippen LogP contribution in [0.5, 0.6) is 5.75 Å². The molecule has 0 bridgehead atoms. The van der Waals surface area contributed by atoms with Crippen LogP contribution in [0.2, 0.25) is 5.02 Å². The summed E-state index contributed by atoms with van der Waals surface area (Å²) < 4.78 is 25.6. The Labute approximate surface area is 181 Å². The summed E-state index contributed by atoms with van der Waals surface area (Å²) in [6.45, 7) is 8.84. The number of amides is 1. The molecular formula is C23H26ClFN2O3. The Hall–Kier alpha value is -2.60. The fourth-order valence-corrected chi connectivity index (χ4v) is 3.33. The van der Waals surface area contributed by atoms with Gasteiger partial charge in [0.2, 0.25) is 0 Å². The highest BCUT2D eigenvalue weighted by molar-refractivity contribution is 6.30. The van der Waals surface area contributed by atoms with Crippen LogP contribution in [0.15, 0.2) is 36.4 Å². The summed E-state index contributed by atoms with van der Waals surface area (Å²) in [5.41, 5.74) is 1.94. The van der Waals surface area contributed by atoms with Crippen molar-refractivity contribution >= 4 is 23.3 Å². The summed E-state index contributed by atoms with van der Waals surface area (Å²) in [4.78, 5) is 18.7. The maximum Gasteiger partial charge on any atom is 0.410 e. The zero-order chi connectivity index (χ0) is 21.9. The number of halogens is 2. The maximum absolute atomic E-state index is 14.4. The largest absolute Gasteiger partial charge is 0.492 e. The van der Waals surface area contributed by atoms with Crippen molar-refractivity contribution < 1.29 is 18.7 Å². The highest BCUT2D eigenvalue weighted by Gasteiger charge is 2.25. The molecule has 30 heavy (non-hydrogen) atoms. The van der Waals surface area contributed by atoms with Gasteiger partial charge < -0.3 is 14.4 Å². The summed E-state index contributed by atoms with van der Waals surface area (Å²) in [5, 5.41) is 0.333. The van der Waals surface area contributed by atoms with E-state index >= 15 is 0 Å². The highest BCUT2D eigenvalue weighted by atomic mass is 35.5. The molecule has 5 nitrogen and oxygen atoms in total. The Morgan fingerprint density at radius 1 is 1.27 bits per heavy atom. The minimum absolute atomic E-state index is 0.333. The van der Waals surface area contributed by atoms with E-state index in [1.165, 1.54) is 6.07 Å². The van der Waals surface area contributed by atoms with Crippen molar-refractivity contribution in [1.82, 2.24) is 9.88 Å². The van der Waals surface area contributed by atoms with Gasteiger partial charge in [-0.05, 0) is 70.0 Å². The molecule has 0 unspecified atom stereocenters. The average Bonchev–Trinajstić information content (AvgIpc) is 2.67. The molecule has 0 fully saturated rings. The van der Waals surface area contributed by atoms with E-state index < -0.39 is 11.4 Å². The third-order valence-electron chi connectivity index (χ3n) is 4.53. The number of rotatable bonds is 4. The number of hydrogen-bond donors (Lipinski definition) is 0. The number of pyridine rings is 1. The number of aromatic nitrogens is 1. The van der Waals surface area contributed by atoms with Crippen molar-refractivity contribution in [2.24, 2.45) is 0 Å². The molecule has 0 N–H and O–H groups in total. The van der Waals surface area contributed by atoms with E-state index in [1.54, 1.807) is 29.2 Å². The van der Waals surface area contributed by atoms with E-state index in [0.29, 0.717) is 53.8 Å². The molecule has 1 amide bonds. The molecule has 1 aromatic heterocycles. The SMILES string of the molecule is CCOc1ccc(-c2ccc(Cl)cc2F)nc1C1=CCN(C(=O)OC(C)(C)C)CC1. The van der Waals surface area contributed by atoms with Crippen molar-refractivity contribution in [1.29, 1.82) is 0 Å². The third kappa shape index (κ3) is 5.30. The Balaban J connectivity index is 1.89. The van der Waals surface area contributed by atoms with Crippen LogP contribution in [0, 0.1) is 5.82 Å². The van der Waals surface area contributed by atoms with E-state index in [-0.39, 0.29) is 6.09 Å². The Kier molecular flexibility index (Phi) is 6.66. The van der Waals surface area contributed by atoms with Gasteiger partial charge in [-0.2, -0.15) is 0 Å². The lowest BCUT2D eigenvalue weighted by atomic mass is 10.0. The van der Waals surface area contributed by atoms with Gasteiger partial charge in [-0.1, -0.05) is 17.7 Å². The molecule has 1 aliphatic rings. The molecule has 3 rings (SSSR count). The van der Waals surface area contributed by atoms with Crippen molar-refractivity contribution in [3.63, 3.8) is 0 Å². The summed E-state index contributed by atoms with van der Waals surface area (Å²) in [5.74, 6) is 0.200. The van der Waals surface area contributed by atoms with Gasteiger partial charge in [0.1, 0.15) is 22.9 Å². The molecule has 2 aromatic rings. The minimum atomic E-state index is -0.540. The molecule has 0 aliphatic carbocycles. The van der Waals surface area contributed by atoms with Gasteiger partial charge in [-0.3, -0.25) is 0 Å². The van der Waals surface area contributed by atoms with Crippen molar-refractivity contribution in [2.75, 3.05) is 19.7 Å². The predicted octanol–water partition coefficient (Wildman–Crippen LogP) is 5.96. The number of nitrogens with zero attached hydrogens (tertiary/aromatic N) is 2. The molecule has 0 spiro atoms. The summed E-state index contributed by atoms with van der Waals surface area (Å²) >= 11 is 5.87. The van der Waals surface area contributed by atoms with Crippen LogP contribution in [0.4, 0.5) is 9.18 Å². The third-order valence-corrected chi connectivity index (χ3v) is 4.77. The fraction of sp³-hybridized carbons (Fsp3) is 0.391. The van der Waals surface area contributed by atoms with Crippen LogP contribution in [0.1, 0.15) is 39.8 Å². The number of hydrogen-bond acceptors (Lipinski definition) is 4. The molecule has 1 aromatic carbocycles. The second-order valence-electron chi connectivity index (χ2n) is 8.01. The van der Waals surface area contributed by atoms with Gasteiger partial charge in [0.25, 0.3) is 0 Å². The van der Waals surface area contributed by atoms with Crippen LogP contribution < -0.4 is 4.74 Å². The standard InChI is InChI=1S/C23H26ClFN2O3/c1-5-29-20-9-8-19(17-7-6-16(24)14-18(17)25)26-21(20)15-10-12-27(13-11-15)22(28)30-23(2,3)4/h6-10,14H,5,11-13H2,1-4H3. The quantitative estimate of drug-likeness (QED) is 0.597. The molecular weight excluding hydrogens is 407 g/mol. The van der Waals surface area contributed by atoms with E-state index in [1.807, 2.05) is 33.8 Å². The molecule has 0 saturated carbocycles. The zero-order valence-electron chi connectivity index (χ0n) is 17.7. The fourth-order valence-electron chi connectivity index (χ4n) is 3.17. The first-order valence-electron chi connectivity index (χ1n) is 9.94. The van der Waals surface area contributed by atoms with Gasteiger partial charge >= 0.3 is 6.09 Å². The zero-order valence-corrected chi connectivity index (χ0v) is 18.4. The molecule has 0 radical (unpaired) electrons. The average molecular weight is 433 g/mol. The second-order valence-corrected chi connectivity index (χ2v) is 8.44. The molecule has 7 heteroatoms. The molecule has 0 atom stereocenters. The second kappa shape index (κ2) is 9.04. The first-order chi connectivity index (χ1) is 14.2. The highest BCUT2D eigenvalue weighted by Crippen LogP contribution is 2.33. The smallest absolute Gasteiger partial charge is 0.410 e. The minimum Gasteiger partial charge on any atom is -0.492 e. The Morgan fingerprint density at radius 3 is 2.63 bits per heavy atom. The lowest BCUT2D eigenvalue weighted by Crippen LogP contribution is -2.39. The van der Waals surface area contributed by atoms with Crippen molar-refractivity contribution in [3.8, 4) is 17.0 Å². The van der Waals surface area contributed by atoms with E-state index in [2.05, 4.69) is 0 Å². The lowest BCUT2D eigenvalue weighted by Gasteiger charge is -2.29. The lowest BCUT2D eigenvalue weighted by molar-refractivity contribution is 0.0270. The normalized spacial score (nSPS) is 14.3. The van der Waals surface area contributed by atoms with Gasteiger partial charge in [-0.25, -0.2) is 14.2 Å². The number of carbonyl (C=O) groups is 1. The molecule has 1 aliphatic heterocycles. The topological polar surface area (TPSA) is 51.7 Å². The van der Waals surface area contributed by atoms with E-state index in [9.17, 15) is 9.18 Å². The van der Waals surface area contributed by atoms with Gasteiger partial charge in [0.05, 0.1) is 12.3 Å². The summed E-state index contributed by atoms with van der Waals surface area (Å²) in [6.07, 6.45) is 2.20. The van der Waals surface area contributed by atoms with Crippen molar-refractivity contribution in [3.05, 3.63) is 52.9 Å². The number of carbonyl (C=O) groups excluding carboxylic acids is 1. The van der Waals surface area contributed by atoms with Crippen molar-refractivity contribution in [2.45, 2.75) is 39.7 Å². The van der Waals surface area contributed by atoms with Crippen LogP contribution in [-0.4, -0.2) is 41.3 Å². The maximum atomic E-state index is 14.4. The van der Waals surface area contributed by atoms with Gasteiger partial charge in [-0.15, -0.1) is 0 Å². The summed E-state index contributed by atoms with van der Waals surface area (Å²) in [6, 6.07) is 8.06. The summed E-state index contributed by atoms with van der Waals surface area (Å²) in [7, 11) is 0. The molecule has 0 saturated heterocycles. The predicted molar refractivity (Wildman–Crippen MR) is 116 cm³/mol. The number of ether oxygens (including phenoxy) is 2. The number of benzene rings is 1. The van der Waals surface area contributed by atoms with Crippen LogP contribution >= 0.6 is 11.6 Å². The van der Waals surface area contributed by atoms with Gasteiger partial charge in [0, 0.05) is 23.7 Å². The van der Waals surface area contributed by atoms with E-state index in [0.717, 1.165) is 5.57 Å². The molecule has 2 heterocycles. The van der Waals surface area contributed by atoms with Crippen LogP contribution in [0.25, 0.3) is 16.8 Å². The Bertz CT molecular complexity index is 969. The van der Waals surface area contributed by atoms with E-state index in [4.69, 9.17) is 26.1 Å².